The van der Waals surface area contributed by atoms with Crippen LogP contribution in [0.1, 0.15) is 11.1 Å². The van der Waals surface area contributed by atoms with Crippen LogP contribution in [0.3, 0.4) is 0 Å². The van der Waals surface area contributed by atoms with Gasteiger partial charge in [-0.3, -0.25) is 10.2 Å². The highest BCUT2D eigenvalue weighted by molar-refractivity contribution is 6.32. The average molecular weight is 415 g/mol. The van der Waals surface area contributed by atoms with Gasteiger partial charge in [-0.2, -0.15) is 0 Å². The lowest BCUT2D eigenvalue weighted by atomic mass is 10.1. The minimum atomic E-state index is -0.927. The summed E-state index contributed by atoms with van der Waals surface area (Å²) in [6.45, 7) is -0.136. The summed E-state index contributed by atoms with van der Waals surface area (Å²) in [6.07, 6.45) is 1.60. The van der Waals surface area contributed by atoms with Crippen LogP contribution in [-0.4, -0.2) is 18.6 Å². The molecule has 0 fully saturated rings. The quantitative estimate of drug-likeness (QED) is 0.566. The molecule has 2 aromatic carbocycles. The molecule has 2 aromatic rings. The number of nitrogens with one attached hydrogen (secondary N) is 2. The Morgan fingerprint density at radius 1 is 1.07 bits per heavy atom. The molecule has 0 bridgehead atoms. The second kappa shape index (κ2) is 9.89. The molecular formula is C18H14Cl2F2N2O3. The number of amides is 2. The fourth-order valence-electron chi connectivity index (χ4n) is 2.01. The first-order chi connectivity index (χ1) is 12.9. The van der Waals surface area contributed by atoms with Crippen LogP contribution in [0.5, 0.6) is 0 Å². The number of hydrazine groups is 1. The first-order valence-electron chi connectivity index (χ1n) is 7.65. The van der Waals surface area contributed by atoms with Gasteiger partial charge in [0.15, 0.2) is 0 Å². The lowest BCUT2D eigenvalue weighted by Crippen LogP contribution is -2.41. The smallest absolute Gasteiger partial charge is 0.426 e. The van der Waals surface area contributed by atoms with E-state index >= 15 is 0 Å². The third-order valence-electron chi connectivity index (χ3n) is 3.31. The van der Waals surface area contributed by atoms with E-state index in [-0.39, 0.29) is 28.6 Å². The van der Waals surface area contributed by atoms with Crippen molar-refractivity contribution in [1.29, 1.82) is 0 Å². The minimum Gasteiger partial charge on any atom is -0.448 e. The topological polar surface area (TPSA) is 67.4 Å². The molecule has 2 amide bonds. The van der Waals surface area contributed by atoms with Gasteiger partial charge in [-0.05, 0) is 35.9 Å². The molecule has 0 aromatic heterocycles. The molecule has 0 saturated heterocycles. The number of ether oxygens (including phenoxy) is 1. The average Bonchev–Trinajstić information content (AvgIpc) is 2.61. The molecule has 2 rings (SSSR count). The summed E-state index contributed by atoms with van der Waals surface area (Å²) in [5.74, 6) is -1.66. The molecule has 27 heavy (non-hydrogen) atoms. The fourth-order valence-corrected chi connectivity index (χ4v) is 2.50. The van der Waals surface area contributed by atoms with Gasteiger partial charge in [-0.25, -0.2) is 19.0 Å². The highest BCUT2D eigenvalue weighted by Gasteiger charge is 2.09. The van der Waals surface area contributed by atoms with Crippen molar-refractivity contribution in [3.63, 3.8) is 0 Å². The normalized spacial score (nSPS) is 10.7. The molecule has 2 N–H and O–H groups in total. The summed E-state index contributed by atoms with van der Waals surface area (Å²) in [7, 11) is 0. The molecular weight excluding hydrogens is 401 g/mol. The molecule has 5 nitrogen and oxygen atoms in total. The van der Waals surface area contributed by atoms with Gasteiger partial charge in [-0.15, -0.1) is 0 Å². The van der Waals surface area contributed by atoms with Crippen LogP contribution in [-0.2, 0) is 16.0 Å². The van der Waals surface area contributed by atoms with Crippen LogP contribution in [0.15, 0.2) is 42.5 Å². The summed E-state index contributed by atoms with van der Waals surface area (Å²) in [5, 5.41) is 0.370. The van der Waals surface area contributed by atoms with E-state index in [4.69, 9.17) is 27.9 Å². The van der Waals surface area contributed by atoms with Crippen molar-refractivity contribution in [2.45, 2.75) is 6.42 Å². The highest BCUT2D eigenvalue weighted by atomic mass is 35.5. The molecule has 0 aliphatic rings. The van der Waals surface area contributed by atoms with E-state index < -0.39 is 23.6 Å². The summed E-state index contributed by atoms with van der Waals surface area (Å²) < 4.78 is 31.3. The Hall–Kier alpha value is -2.64. The summed E-state index contributed by atoms with van der Waals surface area (Å²) in [5.41, 5.74) is 4.77. The zero-order valence-corrected chi connectivity index (χ0v) is 15.3. The molecule has 0 heterocycles. The number of hydrogen-bond acceptors (Lipinski definition) is 3. The molecule has 0 aliphatic heterocycles. The van der Waals surface area contributed by atoms with E-state index in [9.17, 15) is 18.4 Å². The molecule has 0 aliphatic carbocycles. The first-order valence-corrected chi connectivity index (χ1v) is 8.41. The SMILES string of the molecule is O=C(/C=C/c1ccc(F)cc1Cl)NNC(=O)OCCc1c(F)cccc1Cl. The maximum absolute atomic E-state index is 13.6. The van der Waals surface area contributed by atoms with Gasteiger partial charge in [0.2, 0.25) is 0 Å². The van der Waals surface area contributed by atoms with Crippen molar-refractivity contribution in [1.82, 2.24) is 10.9 Å². The van der Waals surface area contributed by atoms with Gasteiger partial charge < -0.3 is 4.74 Å². The molecule has 0 saturated carbocycles. The number of halogens is 4. The van der Waals surface area contributed by atoms with E-state index in [0.717, 1.165) is 12.1 Å². The largest absolute Gasteiger partial charge is 0.448 e. The second-order valence-corrected chi connectivity index (χ2v) is 6.01. The lowest BCUT2D eigenvalue weighted by molar-refractivity contribution is -0.117. The Morgan fingerprint density at radius 2 is 1.85 bits per heavy atom. The van der Waals surface area contributed by atoms with Gasteiger partial charge in [0.1, 0.15) is 11.6 Å². The predicted molar refractivity (Wildman–Crippen MR) is 98.2 cm³/mol. The Kier molecular flexibility index (Phi) is 7.57. The molecule has 0 radical (unpaired) electrons. The molecule has 9 heteroatoms. The Balaban J connectivity index is 1.75. The van der Waals surface area contributed by atoms with E-state index in [1.54, 1.807) is 0 Å². The highest BCUT2D eigenvalue weighted by Crippen LogP contribution is 2.19. The fraction of sp³-hybridized carbons (Fsp3) is 0.111. The summed E-state index contributed by atoms with van der Waals surface area (Å²) >= 11 is 11.7. The van der Waals surface area contributed by atoms with Crippen molar-refractivity contribution in [2.75, 3.05) is 6.61 Å². The van der Waals surface area contributed by atoms with Crippen LogP contribution >= 0.6 is 23.2 Å². The van der Waals surface area contributed by atoms with Gasteiger partial charge in [0.05, 0.1) is 11.6 Å². The van der Waals surface area contributed by atoms with Crippen LogP contribution < -0.4 is 10.9 Å². The first kappa shape index (κ1) is 20.7. The number of rotatable bonds is 5. The van der Waals surface area contributed by atoms with Gasteiger partial charge in [0.25, 0.3) is 5.91 Å². The Labute approximate surface area is 163 Å². The summed E-state index contributed by atoms with van der Waals surface area (Å²) in [4.78, 5) is 23.1. The molecule has 0 unspecified atom stereocenters. The van der Waals surface area contributed by atoms with Crippen LogP contribution in [0.2, 0.25) is 10.0 Å². The number of hydrogen-bond donors (Lipinski definition) is 2. The Bertz CT molecular complexity index is 855. The number of carbonyl (C=O) groups is 2. The molecule has 142 valence electrons. The number of carbonyl (C=O) groups excluding carboxylic acids is 2. The van der Waals surface area contributed by atoms with Gasteiger partial charge in [-0.1, -0.05) is 35.3 Å². The maximum Gasteiger partial charge on any atom is 0.426 e. The zero-order chi connectivity index (χ0) is 19.8. The molecule has 0 atom stereocenters. The van der Waals surface area contributed by atoms with Crippen LogP contribution in [0.25, 0.3) is 6.08 Å². The second-order valence-electron chi connectivity index (χ2n) is 5.20. The van der Waals surface area contributed by atoms with E-state index in [2.05, 4.69) is 5.43 Å². The number of benzene rings is 2. The zero-order valence-electron chi connectivity index (χ0n) is 13.8. The monoisotopic (exact) mass is 414 g/mol. The van der Waals surface area contributed by atoms with Crippen molar-refractivity contribution >= 4 is 41.3 Å². The van der Waals surface area contributed by atoms with Gasteiger partial charge in [0, 0.05) is 23.1 Å². The third kappa shape index (κ3) is 6.54. The van der Waals surface area contributed by atoms with Crippen molar-refractivity contribution < 1.29 is 23.1 Å². The summed E-state index contributed by atoms with van der Waals surface area (Å²) in [6, 6.07) is 7.95. The van der Waals surface area contributed by atoms with Crippen LogP contribution in [0, 0.1) is 11.6 Å². The van der Waals surface area contributed by atoms with Crippen molar-refractivity contribution in [3.05, 3.63) is 75.3 Å². The standard InChI is InChI=1S/C18H14Cl2F2N2O3/c19-14-2-1-3-16(22)13(14)8-9-27-18(26)24-23-17(25)7-5-11-4-6-12(21)10-15(11)20/h1-7,10H,8-9H2,(H,23,25)(H,24,26)/b7-5+. The van der Waals surface area contributed by atoms with Crippen molar-refractivity contribution in [3.8, 4) is 0 Å². The predicted octanol–water partition coefficient (Wildman–Crippen LogP) is 4.28. The van der Waals surface area contributed by atoms with E-state index in [1.165, 1.54) is 36.4 Å². The van der Waals surface area contributed by atoms with E-state index in [0.29, 0.717) is 5.56 Å². The minimum absolute atomic E-state index is 0.0792. The molecule has 0 spiro atoms. The van der Waals surface area contributed by atoms with Crippen LogP contribution in [0.4, 0.5) is 13.6 Å². The lowest BCUT2D eigenvalue weighted by Gasteiger charge is -2.08. The maximum atomic E-state index is 13.6. The van der Waals surface area contributed by atoms with E-state index in [1.807, 2.05) is 5.43 Å². The van der Waals surface area contributed by atoms with Crippen molar-refractivity contribution in [2.24, 2.45) is 0 Å². The Morgan fingerprint density at radius 3 is 2.56 bits per heavy atom. The van der Waals surface area contributed by atoms with Gasteiger partial charge >= 0.3 is 6.09 Å². The third-order valence-corrected chi connectivity index (χ3v) is 3.99.